The first kappa shape index (κ1) is 20.5. The van der Waals surface area contributed by atoms with Gasteiger partial charge in [-0.05, 0) is 39.5 Å². The molecule has 6 heteroatoms. The standard InChI is InChI=1S/C21H32O6/c1-4-9-20(23)14-25-16(12-15(3)13-17(22)24-5-2)18-19(20)27-21(26-18)10-7-6-8-11-21/h4,13,16,18-19,23H,1,5-12,14H2,2-3H3/b15-13+/t16-,18-,19-,20+/m0/s1. The summed E-state index contributed by atoms with van der Waals surface area (Å²) in [5.74, 6) is -0.967. The van der Waals surface area contributed by atoms with Crippen LogP contribution in [0.4, 0.5) is 0 Å². The molecule has 1 spiro atoms. The molecule has 2 aliphatic heterocycles. The largest absolute Gasteiger partial charge is 0.463 e. The van der Waals surface area contributed by atoms with E-state index in [0.29, 0.717) is 19.4 Å². The highest BCUT2D eigenvalue weighted by Crippen LogP contribution is 2.47. The molecule has 1 aliphatic carbocycles. The zero-order valence-corrected chi connectivity index (χ0v) is 16.4. The number of hydrogen-bond acceptors (Lipinski definition) is 6. The summed E-state index contributed by atoms with van der Waals surface area (Å²) in [4.78, 5) is 11.7. The predicted molar refractivity (Wildman–Crippen MR) is 100 cm³/mol. The molecule has 3 aliphatic rings. The summed E-state index contributed by atoms with van der Waals surface area (Å²) in [6.45, 7) is 7.94. The van der Waals surface area contributed by atoms with Gasteiger partial charge in [0.2, 0.25) is 0 Å². The Morgan fingerprint density at radius 3 is 2.70 bits per heavy atom. The van der Waals surface area contributed by atoms with Crippen molar-refractivity contribution in [1.29, 1.82) is 0 Å². The number of carbonyl (C=O) groups excluding carboxylic acids is 1. The zero-order valence-electron chi connectivity index (χ0n) is 16.4. The molecule has 4 atom stereocenters. The van der Waals surface area contributed by atoms with Gasteiger partial charge in [-0.2, -0.15) is 0 Å². The Hall–Kier alpha value is -1.21. The quantitative estimate of drug-likeness (QED) is 0.434. The van der Waals surface area contributed by atoms with E-state index in [1.165, 1.54) is 12.5 Å². The van der Waals surface area contributed by atoms with Gasteiger partial charge in [-0.15, -0.1) is 6.58 Å². The van der Waals surface area contributed by atoms with E-state index in [2.05, 4.69) is 6.58 Å². The molecule has 6 nitrogen and oxygen atoms in total. The average Bonchev–Trinajstić information content (AvgIpc) is 2.99. The van der Waals surface area contributed by atoms with Crippen molar-refractivity contribution in [3.63, 3.8) is 0 Å². The molecule has 0 aromatic heterocycles. The van der Waals surface area contributed by atoms with Crippen molar-refractivity contribution < 1.29 is 28.8 Å². The van der Waals surface area contributed by atoms with Crippen LogP contribution in [0.2, 0.25) is 0 Å². The number of hydrogen-bond donors (Lipinski definition) is 1. The number of ether oxygens (including phenoxy) is 4. The molecule has 1 N–H and O–H groups in total. The molecule has 2 saturated heterocycles. The first-order chi connectivity index (χ1) is 12.9. The van der Waals surface area contributed by atoms with Crippen LogP contribution < -0.4 is 0 Å². The second-order valence-corrected chi connectivity index (χ2v) is 7.98. The van der Waals surface area contributed by atoms with Crippen molar-refractivity contribution in [2.24, 2.45) is 0 Å². The normalized spacial score (nSPS) is 35.7. The van der Waals surface area contributed by atoms with Gasteiger partial charge in [-0.25, -0.2) is 4.79 Å². The van der Waals surface area contributed by atoms with Gasteiger partial charge in [0, 0.05) is 18.9 Å². The van der Waals surface area contributed by atoms with Crippen molar-refractivity contribution in [2.75, 3.05) is 13.2 Å². The first-order valence-electron chi connectivity index (χ1n) is 10.1. The van der Waals surface area contributed by atoms with Crippen molar-refractivity contribution in [3.8, 4) is 0 Å². The maximum Gasteiger partial charge on any atom is 0.330 e. The van der Waals surface area contributed by atoms with E-state index >= 15 is 0 Å². The van der Waals surface area contributed by atoms with Crippen LogP contribution in [0.5, 0.6) is 0 Å². The summed E-state index contributed by atoms with van der Waals surface area (Å²) in [5.41, 5.74) is -0.276. The summed E-state index contributed by atoms with van der Waals surface area (Å²) < 4.78 is 23.8. The van der Waals surface area contributed by atoms with Crippen LogP contribution in [0.1, 0.15) is 58.8 Å². The van der Waals surface area contributed by atoms with Crippen LogP contribution in [0.25, 0.3) is 0 Å². The summed E-state index contributed by atoms with van der Waals surface area (Å²) in [5, 5.41) is 11.1. The fraction of sp³-hybridized carbons (Fsp3) is 0.762. The van der Waals surface area contributed by atoms with Crippen LogP contribution in [-0.4, -0.2) is 54.0 Å². The third-order valence-corrected chi connectivity index (χ3v) is 5.72. The van der Waals surface area contributed by atoms with Crippen molar-refractivity contribution in [1.82, 2.24) is 0 Å². The lowest BCUT2D eigenvalue weighted by molar-refractivity contribution is -0.211. The Morgan fingerprint density at radius 2 is 2.04 bits per heavy atom. The minimum absolute atomic E-state index is 0.164. The SMILES string of the molecule is C=CC[C@@]1(O)CO[C@@H](C/C(C)=C/C(=O)OCC)[C@@H]2OC3(CCCCC3)O[C@@H]21. The highest BCUT2D eigenvalue weighted by molar-refractivity contribution is 5.82. The van der Waals surface area contributed by atoms with E-state index in [1.54, 1.807) is 13.0 Å². The maximum atomic E-state index is 11.7. The number of aliphatic hydroxyl groups is 1. The maximum absolute atomic E-state index is 11.7. The minimum atomic E-state index is -1.14. The second-order valence-electron chi connectivity index (χ2n) is 7.98. The molecule has 0 bridgehead atoms. The Morgan fingerprint density at radius 1 is 1.30 bits per heavy atom. The predicted octanol–water partition coefficient (Wildman–Crippen LogP) is 3.04. The number of rotatable bonds is 6. The van der Waals surface area contributed by atoms with Gasteiger partial charge in [0.25, 0.3) is 0 Å². The molecular formula is C21H32O6. The van der Waals surface area contributed by atoms with Crippen molar-refractivity contribution >= 4 is 5.97 Å². The zero-order chi connectivity index (χ0) is 19.5. The van der Waals surface area contributed by atoms with E-state index in [9.17, 15) is 9.90 Å². The van der Waals surface area contributed by atoms with E-state index in [0.717, 1.165) is 31.3 Å². The fourth-order valence-corrected chi connectivity index (χ4v) is 4.44. The topological polar surface area (TPSA) is 74.2 Å². The summed E-state index contributed by atoms with van der Waals surface area (Å²) in [7, 11) is 0. The lowest BCUT2D eigenvalue weighted by Gasteiger charge is -2.42. The summed E-state index contributed by atoms with van der Waals surface area (Å²) in [6, 6.07) is 0. The average molecular weight is 380 g/mol. The number of fused-ring (bicyclic) bond motifs is 1. The number of esters is 1. The minimum Gasteiger partial charge on any atom is -0.463 e. The molecule has 0 unspecified atom stereocenters. The smallest absolute Gasteiger partial charge is 0.330 e. The Balaban J connectivity index is 1.77. The third-order valence-electron chi connectivity index (χ3n) is 5.72. The Kier molecular flexibility index (Phi) is 6.41. The molecule has 152 valence electrons. The fourth-order valence-electron chi connectivity index (χ4n) is 4.44. The van der Waals surface area contributed by atoms with Crippen molar-refractivity contribution in [3.05, 3.63) is 24.3 Å². The number of carbonyl (C=O) groups is 1. The summed E-state index contributed by atoms with van der Waals surface area (Å²) >= 11 is 0. The third kappa shape index (κ3) is 4.45. The molecule has 3 fully saturated rings. The van der Waals surface area contributed by atoms with Gasteiger partial charge in [0.1, 0.15) is 17.8 Å². The van der Waals surface area contributed by atoms with E-state index in [-0.39, 0.29) is 24.8 Å². The first-order valence-corrected chi connectivity index (χ1v) is 10.1. The van der Waals surface area contributed by atoms with Gasteiger partial charge < -0.3 is 24.1 Å². The molecule has 0 radical (unpaired) electrons. The monoisotopic (exact) mass is 380 g/mol. The second kappa shape index (κ2) is 8.43. The molecular weight excluding hydrogens is 348 g/mol. The van der Waals surface area contributed by atoms with E-state index in [4.69, 9.17) is 18.9 Å². The van der Waals surface area contributed by atoms with Crippen LogP contribution in [0.15, 0.2) is 24.3 Å². The van der Waals surface area contributed by atoms with E-state index < -0.39 is 17.5 Å². The molecule has 27 heavy (non-hydrogen) atoms. The molecule has 2 heterocycles. The highest BCUT2D eigenvalue weighted by Gasteiger charge is 2.60. The lowest BCUT2D eigenvalue weighted by atomic mass is 9.84. The lowest BCUT2D eigenvalue weighted by Crippen LogP contribution is -2.59. The van der Waals surface area contributed by atoms with Crippen LogP contribution in [-0.2, 0) is 23.7 Å². The van der Waals surface area contributed by atoms with Gasteiger partial charge >= 0.3 is 5.97 Å². The van der Waals surface area contributed by atoms with E-state index in [1.807, 2.05) is 6.92 Å². The van der Waals surface area contributed by atoms with Gasteiger partial charge in [-0.1, -0.05) is 18.1 Å². The van der Waals surface area contributed by atoms with Crippen LogP contribution >= 0.6 is 0 Å². The van der Waals surface area contributed by atoms with Gasteiger partial charge in [0.15, 0.2) is 5.79 Å². The van der Waals surface area contributed by atoms with Crippen LogP contribution in [0, 0.1) is 0 Å². The Bertz CT molecular complexity index is 579. The van der Waals surface area contributed by atoms with Gasteiger partial charge in [0.05, 0.1) is 19.3 Å². The Labute approximate surface area is 161 Å². The van der Waals surface area contributed by atoms with Crippen LogP contribution in [0.3, 0.4) is 0 Å². The summed E-state index contributed by atoms with van der Waals surface area (Å²) in [6.07, 6.45) is 8.01. The molecule has 0 amide bonds. The van der Waals surface area contributed by atoms with Gasteiger partial charge in [-0.3, -0.25) is 0 Å². The molecule has 3 rings (SSSR count). The molecule has 1 saturated carbocycles. The highest BCUT2D eigenvalue weighted by atomic mass is 16.8. The molecule has 0 aromatic rings. The van der Waals surface area contributed by atoms with Crippen molar-refractivity contribution in [2.45, 2.75) is 88.5 Å². The molecule has 0 aromatic carbocycles.